The summed E-state index contributed by atoms with van der Waals surface area (Å²) in [6.45, 7) is 6.13. The van der Waals surface area contributed by atoms with Crippen molar-refractivity contribution in [3.05, 3.63) is 24.3 Å². The third-order valence-corrected chi connectivity index (χ3v) is 5.54. The molecule has 1 aromatic carbocycles. The maximum absolute atomic E-state index is 12.5. The topological polar surface area (TPSA) is 51.0 Å². The van der Waals surface area contributed by atoms with Crippen LogP contribution in [0.25, 0.3) is 0 Å². The Hall–Kier alpha value is -1.11. The largest absolute Gasteiger partial charge is 0.497 e. The first-order valence-corrected chi connectivity index (χ1v) is 7.99. The van der Waals surface area contributed by atoms with E-state index in [-0.39, 0.29) is 0 Å². The molecule has 0 radical (unpaired) electrons. The molecular formula is C13H21N2O3S+. The van der Waals surface area contributed by atoms with Gasteiger partial charge in [-0.2, -0.15) is 4.31 Å². The van der Waals surface area contributed by atoms with Gasteiger partial charge in [0.1, 0.15) is 5.75 Å². The second kappa shape index (κ2) is 5.90. The predicted octanol–water partition coefficient (Wildman–Crippen LogP) is -0.396. The fourth-order valence-electron chi connectivity index (χ4n) is 2.29. The molecule has 0 spiro atoms. The highest BCUT2D eigenvalue weighted by molar-refractivity contribution is 7.89. The third-order valence-electron chi connectivity index (χ3n) is 3.63. The molecule has 1 aliphatic rings. The van der Waals surface area contributed by atoms with E-state index in [4.69, 9.17) is 4.74 Å². The van der Waals surface area contributed by atoms with Gasteiger partial charge in [-0.3, -0.25) is 0 Å². The standard InChI is InChI=1S/C13H20N2O3S/c1-3-14-8-10-15(11-9-14)19(16,17)13-6-4-12(18-2)5-7-13/h4-7H,3,8-11H2,1-2H3/p+1. The second-order valence-corrected chi connectivity index (χ2v) is 6.62. The number of methoxy groups -OCH3 is 1. The molecule has 0 aliphatic carbocycles. The van der Waals surface area contributed by atoms with Crippen LogP contribution < -0.4 is 9.64 Å². The zero-order chi connectivity index (χ0) is 13.9. The number of hydrogen-bond acceptors (Lipinski definition) is 3. The van der Waals surface area contributed by atoms with Gasteiger partial charge in [0.2, 0.25) is 10.0 Å². The minimum absolute atomic E-state index is 0.341. The Bertz CT molecular complexity index is 505. The number of nitrogens with one attached hydrogen (secondary N) is 1. The van der Waals surface area contributed by atoms with Crippen molar-refractivity contribution in [3.63, 3.8) is 0 Å². The average molecular weight is 285 g/mol. The number of ether oxygens (including phenoxy) is 1. The minimum atomic E-state index is -3.35. The Balaban J connectivity index is 2.13. The van der Waals surface area contributed by atoms with Crippen molar-refractivity contribution in [2.75, 3.05) is 39.8 Å². The quantitative estimate of drug-likeness (QED) is 0.819. The lowest BCUT2D eigenvalue weighted by atomic mass is 10.3. The fraction of sp³-hybridized carbons (Fsp3) is 0.538. The fourth-order valence-corrected chi connectivity index (χ4v) is 3.73. The summed E-state index contributed by atoms with van der Waals surface area (Å²) in [7, 11) is -1.79. The Morgan fingerprint density at radius 3 is 2.26 bits per heavy atom. The summed E-state index contributed by atoms with van der Waals surface area (Å²) in [6, 6.07) is 6.57. The van der Waals surface area contributed by atoms with Crippen LogP contribution in [0.1, 0.15) is 6.92 Å². The molecule has 0 saturated carbocycles. The van der Waals surface area contributed by atoms with E-state index in [1.807, 2.05) is 0 Å². The molecule has 1 aromatic rings. The van der Waals surface area contributed by atoms with Crippen molar-refractivity contribution in [2.24, 2.45) is 0 Å². The van der Waals surface area contributed by atoms with Crippen molar-refractivity contribution in [2.45, 2.75) is 11.8 Å². The summed E-state index contributed by atoms with van der Waals surface area (Å²) in [5.74, 6) is 0.666. The molecule has 106 valence electrons. The molecule has 1 aliphatic heterocycles. The van der Waals surface area contributed by atoms with Gasteiger partial charge in [0, 0.05) is 0 Å². The molecule has 0 bridgehead atoms. The highest BCUT2D eigenvalue weighted by Gasteiger charge is 2.29. The number of benzene rings is 1. The second-order valence-electron chi connectivity index (χ2n) is 4.68. The molecule has 5 nitrogen and oxygen atoms in total. The van der Waals surface area contributed by atoms with Gasteiger partial charge in [-0.05, 0) is 31.2 Å². The number of hydrogen-bond donors (Lipinski definition) is 1. The molecule has 19 heavy (non-hydrogen) atoms. The lowest BCUT2D eigenvalue weighted by Crippen LogP contribution is -3.14. The van der Waals surface area contributed by atoms with Gasteiger partial charge in [0.25, 0.3) is 0 Å². The first-order valence-electron chi connectivity index (χ1n) is 6.55. The summed E-state index contributed by atoms with van der Waals surface area (Å²) in [6.07, 6.45) is 0. The highest BCUT2D eigenvalue weighted by atomic mass is 32.2. The lowest BCUT2D eigenvalue weighted by Gasteiger charge is -2.30. The molecule has 1 saturated heterocycles. The summed E-state index contributed by atoms with van der Waals surface area (Å²) >= 11 is 0. The molecule has 0 amide bonds. The number of nitrogens with zero attached hydrogens (tertiary/aromatic N) is 1. The van der Waals surface area contributed by atoms with E-state index in [9.17, 15) is 8.42 Å². The first-order chi connectivity index (χ1) is 9.07. The first kappa shape index (κ1) is 14.3. The summed E-state index contributed by atoms with van der Waals surface area (Å²) < 4.78 is 31.5. The predicted molar refractivity (Wildman–Crippen MR) is 73.0 cm³/mol. The molecule has 0 aromatic heterocycles. The zero-order valence-corrected chi connectivity index (χ0v) is 12.2. The van der Waals surface area contributed by atoms with Gasteiger partial charge in [-0.1, -0.05) is 0 Å². The lowest BCUT2D eigenvalue weighted by molar-refractivity contribution is -0.901. The van der Waals surface area contributed by atoms with E-state index < -0.39 is 10.0 Å². The van der Waals surface area contributed by atoms with Crippen LogP contribution in [0, 0.1) is 0 Å². The SMILES string of the molecule is CC[NH+]1CCN(S(=O)(=O)c2ccc(OC)cc2)CC1. The maximum Gasteiger partial charge on any atom is 0.243 e. The van der Waals surface area contributed by atoms with Crippen molar-refractivity contribution in [1.82, 2.24) is 4.31 Å². The number of likely N-dealkylation sites (N-methyl/N-ethyl adjacent to an activating group) is 1. The van der Waals surface area contributed by atoms with E-state index in [1.54, 1.807) is 35.7 Å². The average Bonchev–Trinajstić information content (AvgIpc) is 2.47. The van der Waals surface area contributed by atoms with Gasteiger partial charge in [-0.15, -0.1) is 0 Å². The van der Waals surface area contributed by atoms with Crippen molar-refractivity contribution in [3.8, 4) is 5.75 Å². The molecule has 0 atom stereocenters. The Kier molecular flexibility index (Phi) is 4.44. The molecular weight excluding hydrogens is 264 g/mol. The summed E-state index contributed by atoms with van der Waals surface area (Å²) in [4.78, 5) is 1.80. The monoisotopic (exact) mass is 285 g/mol. The van der Waals surface area contributed by atoms with Gasteiger partial charge in [0.15, 0.2) is 0 Å². The van der Waals surface area contributed by atoms with Gasteiger partial charge in [0.05, 0.1) is 44.7 Å². The van der Waals surface area contributed by atoms with Gasteiger partial charge >= 0.3 is 0 Å². The van der Waals surface area contributed by atoms with Crippen LogP contribution in [0.2, 0.25) is 0 Å². The van der Waals surface area contributed by atoms with Crippen molar-refractivity contribution < 1.29 is 18.1 Å². The van der Waals surface area contributed by atoms with E-state index in [0.29, 0.717) is 23.7 Å². The third kappa shape index (κ3) is 3.08. The van der Waals surface area contributed by atoms with Crippen LogP contribution in [0.5, 0.6) is 5.75 Å². The van der Waals surface area contributed by atoms with E-state index >= 15 is 0 Å². The number of sulfonamides is 1. The van der Waals surface area contributed by atoms with Gasteiger partial charge < -0.3 is 9.64 Å². The van der Waals surface area contributed by atoms with Crippen LogP contribution in [0.4, 0.5) is 0 Å². The minimum Gasteiger partial charge on any atom is -0.497 e. The smallest absolute Gasteiger partial charge is 0.243 e. The van der Waals surface area contributed by atoms with E-state index in [1.165, 1.54) is 4.90 Å². The summed E-state index contributed by atoms with van der Waals surface area (Å²) in [5.41, 5.74) is 0. The normalized spacial score (nSPS) is 18.4. The molecule has 0 unspecified atom stereocenters. The number of piperazine rings is 1. The maximum atomic E-state index is 12.5. The number of quaternary nitrogens is 1. The summed E-state index contributed by atoms with van der Waals surface area (Å²) in [5, 5.41) is 0. The Morgan fingerprint density at radius 1 is 1.21 bits per heavy atom. The van der Waals surface area contributed by atoms with Crippen LogP contribution >= 0.6 is 0 Å². The molecule has 1 N–H and O–H groups in total. The molecule has 6 heteroatoms. The van der Waals surface area contributed by atoms with Crippen LogP contribution in [0.15, 0.2) is 29.2 Å². The van der Waals surface area contributed by atoms with E-state index in [2.05, 4.69) is 6.92 Å². The molecule has 2 rings (SSSR count). The van der Waals surface area contributed by atoms with Crippen molar-refractivity contribution >= 4 is 10.0 Å². The Morgan fingerprint density at radius 2 is 1.79 bits per heavy atom. The van der Waals surface area contributed by atoms with Crippen LogP contribution in [-0.2, 0) is 10.0 Å². The highest BCUT2D eigenvalue weighted by Crippen LogP contribution is 2.19. The van der Waals surface area contributed by atoms with Crippen molar-refractivity contribution in [1.29, 1.82) is 0 Å². The van der Waals surface area contributed by atoms with E-state index in [0.717, 1.165) is 19.6 Å². The van der Waals surface area contributed by atoms with Crippen LogP contribution in [0.3, 0.4) is 0 Å². The Labute approximate surface area is 114 Å². The molecule has 1 heterocycles. The molecule has 1 fully saturated rings. The zero-order valence-electron chi connectivity index (χ0n) is 11.4. The van der Waals surface area contributed by atoms with Crippen LogP contribution in [-0.4, -0.2) is 52.6 Å². The van der Waals surface area contributed by atoms with Gasteiger partial charge in [-0.25, -0.2) is 8.42 Å². The number of rotatable bonds is 4.